The molecule has 0 saturated carbocycles. The molecule has 2 aromatic rings. The van der Waals surface area contributed by atoms with Crippen molar-refractivity contribution in [3.05, 3.63) is 53.7 Å². The van der Waals surface area contributed by atoms with E-state index < -0.39 is 145 Å². The van der Waals surface area contributed by atoms with Crippen molar-refractivity contribution in [2.75, 3.05) is 32.8 Å². The third kappa shape index (κ3) is 19.6. The number of oxazole rings is 1. The Labute approximate surface area is 433 Å². The highest BCUT2D eigenvalue weighted by Gasteiger charge is 2.37. The van der Waals surface area contributed by atoms with E-state index in [4.69, 9.17) is 21.6 Å². The van der Waals surface area contributed by atoms with E-state index in [1.54, 1.807) is 44.2 Å². The smallest absolute Gasteiger partial charge is 0.289 e. The van der Waals surface area contributed by atoms with Crippen LogP contribution in [0.1, 0.15) is 81.6 Å². The zero-order chi connectivity index (χ0) is 55.9. The lowest BCUT2D eigenvalue weighted by molar-refractivity contribution is -0.136. The highest BCUT2D eigenvalue weighted by Crippen LogP contribution is 2.12. The summed E-state index contributed by atoms with van der Waals surface area (Å²) in [6.07, 6.45) is -3.28. The standard InChI is InChI=1S/C47H74N14O14/c1-23(2)19-32-42(69)55-28(11-15-48)38(65)54-30(13-17-50)41(68)60-35(25(4)63)45(72)51-18-14-31(40(67)53-29(12-16-49)39(66)58-33(43(70)57-32)20-27-9-7-6-8-10-27)56-44(71)34(21-62)59-46(73)36(26(5)64)61-47(74)37-24(3)52-22-75-37/h6-10,22-23,25-26,28-36,62-64H,11-21,48-50H2,1-5H3,(H,51,72)(H,53,67)(H,54,65)(H,55,69)(H,56,71)(H,57,70)(H,58,66)(H,59,73)(H,60,68)(H,61,74)/t25-,26-,28+,29+,30+,31+,32+,33-,34-,35+,36+/m1/s1. The van der Waals surface area contributed by atoms with Gasteiger partial charge in [0.05, 0.1) is 24.5 Å². The molecule has 0 unspecified atom stereocenters. The van der Waals surface area contributed by atoms with E-state index in [0.717, 1.165) is 13.3 Å². The molecular formula is C47H74N14O14. The molecule has 11 atom stereocenters. The van der Waals surface area contributed by atoms with Crippen LogP contribution in [0.4, 0.5) is 0 Å². The lowest BCUT2D eigenvalue weighted by atomic mass is 10.00. The monoisotopic (exact) mass is 1060 g/mol. The third-order valence-electron chi connectivity index (χ3n) is 11.8. The van der Waals surface area contributed by atoms with Gasteiger partial charge < -0.3 is 90.1 Å². The van der Waals surface area contributed by atoms with Crippen molar-refractivity contribution in [2.24, 2.45) is 23.1 Å². The Bertz CT molecular complexity index is 2260. The predicted molar refractivity (Wildman–Crippen MR) is 267 cm³/mol. The minimum absolute atomic E-state index is 0.0441. The van der Waals surface area contributed by atoms with Crippen LogP contribution >= 0.6 is 0 Å². The summed E-state index contributed by atoms with van der Waals surface area (Å²) < 4.78 is 5.05. The van der Waals surface area contributed by atoms with Gasteiger partial charge in [-0.2, -0.15) is 0 Å². The van der Waals surface area contributed by atoms with Crippen LogP contribution in [0.25, 0.3) is 0 Å². The van der Waals surface area contributed by atoms with Crippen molar-refractivity contribution in [1.29, 1.82) is 0 Å². The van der Waals surface area contributed by atoms with Gasteiger partial charge in [-0.25, -0.2) is 4.98 Å². The Hall–Kier alpha value is -7.11. The van der Waals surface area contributed by atoms with Gasteiger partial charge in [0.1, 0.15) is 54.4 Å². The number of hydrogen-bond acceptors (Lipinski definition) is 18. The molecule has 28 nitrogen and oxygen atoms in total. The number of carbonyl (C=O) groups is 10. The van der Waals surface area contributed by atoms with Crippen molar-refractivity contribution in [2.45, 2.75) is 140 Å². The molecule has 0 radical (unpaired) electrons. The van der Waals surface area contributed by atoms with Crippen LogP contribution in [-0.4, -0.2) is 179 Å². The number of nitrogens with one attached hydrogen (secondary N) is 10. The van der Waals surface area contributed by atoms with Gasteiger partial charge in [0.15, 0.2) is 6.39 Å². The average Bonchev–Trinajstić information content (AvgIpc) is 3.80. The largest absolute Gasteiger partial charge is 0.438 e. The number of nitrogens with zero attached hydrogens (tertiary/aromatic N) is 1. The molecule has 10 amide bonds. The fourth-order valence-corrected chi connectivity index (χ4v) is 7.67. The number of nitrogens with two attached hydrogens (primary N) is 3. The molecule has 19 N–H and O–H groups in total. The molecule has 416 valence electrons. The zero-order valence-electron chi connectivity index (χ0n) is 42.7. The van der Waals surface area contributed by atoms with Crippen molar-refractivity contribution >= 4 is 59.1 Å². The fraction of sp³-hybridized carbons (Fsp3) is 0.596. The van der Waals surface area contributed by atoms with Crippen LogP contribution in [0.5, 0.6) is 0 Å². The summed E-state index contributed by atoms with van der Waals surface area (Å²) in [6, 6.07) is -5.46. The average molecular weight is 1060 g/mol. The topological polar surface area (TPSA) is 456 Å². The molecule has 1 fully saturated rings. The summed E-state index contributed by atoms with van der Waals surface area (Å²) >= 11 is 0. The molecule has 2 heterocycles. The number of aliphatic hydroxyl groups is 3. The molecule has 75 heavy (non-hydrogen) atoms. The molecule has 1 saturated heterocycles. The summed E-state index contributed by atoms with van der Waals surface area (Å²) in [7, 11) is 0. The van der Waals surface area contributed by atoms with Gasteiger partial charge in [-0.1, -0.05) is 44.2 Å². The van der Waals surface area contributed by atoms with E-state index in [0.29, 0.717) is 5.56 Å². The van der Waals surface area contributed by atoms with Gasteiger partial charge in [-0.3, -0.25) is 47.9 Å². The molecule has 1 aliphatic heterocycles. The van der Waals surface area contributed by atoms with E-state index in [1.165, 1.54) is 13.8 Å². The van der Waals surface area contributed by atoms with Crippen molar-refractivity contribution in [1.82, 2.24) is 58.2 Å². The number of aliphatic hydroxyl groups excluding tert-OH is 3. The molecule has 0 bridgehead atoms. The molecule has 28 heteroatoms. The van der Waals surface area contributed by atoms with E-state index in [9.17, 15) is 63.3 Å². The number of amides is 10. The molecular weight excluding hydrogens is 985 g/mol. The van der Waals surface area contributed by atoms with E-state index in [2.05, 4.69) is 58.2 Å². The number of benzene rings is 1. The maximum Gasteiger partial charge on any atom is 0.289 e. The van der Waals surface area contributed by atoms with E-state index in [1.807, 2.05) is 0 Å². The number of aromatic nitrogens is 1. The highest BCUT2D eigenvalue weighted by atomic mass is 16.4. The summed E-state index contributed by atoms with van der Waals surface area (Å²) in [6.45, 7) is 5.31. The maximum atomic E-state index is 14.3. The number of hydrogen-bond donors (Lipinski definition) is 16. The van der Waals surface area contributed by atoms with Gasteiger partial charge >= 0.3 is 0 Å². The normalized spacial score (nSPS) is 23.6. The second kappa shape index (κ2) is 30.9. The lowest BCUT2D eigenvalue weighted by Gasteiger charge is -2.28. The SMILES string of the molecule is Cc1ncoc1C(=O)N[C@H](C(=O)N[C@H](CO)C(=O)N[C@H]1CCNC(=O)[C@H]([C@@H](C)O)NC(=O)[C@H](CCN)NC(=O)[C@H](CCN)NC(=O)[C@H](CC(C)C)NC(=O)[C@@H](Cc2ccccc2)NC(=O)[C@H](CCN)NC1=O)[C@@H](C)O. The van der Waals surface area contributed by atoms with E-state index >= 15 is 0 Å². The Kier molecular flexibility index (Phi) is 25.6. The summed E-state index contributed by atoms with van der Waals surface area (Å²) in [5.74, 6) is -10.3. The number of carbonyl (C=O) groups excluding carboxylic acids is 10. The maximum absolute atomic E-state index is 14.3. The Morgan fingerprint density at radius 3 is 1.69 bits per heavy atom. The van der Waals surface area contributed by atoms with Crippen LogP contribution < -0.4 is 70.4 Å². The Morgan fingerprint density at radius 2 is 1.20 bits per heavy atom. The van der Waals surface area contributed by atoms with Crippen LogP contribution in [0, 0.1) is 12.8 Å². The third-order valence-corrected chi connectivity index (χ3v) is 11.8. The molecule has 0 aliphatic carbocycles. The van der Waals surface area contributed by atoms with Crippen molar-refractivity contribution in [3.8, 4) is 0 Å². The van der Waals surface area contributed by atoms with Gasteiger partial charge in [0.2, 0.25) is 58.9 Å². The van der Waals surface area contributed by atoms with Crippen LogP contribution in [0.15, 0.2) is 41.1 Å². The van der Waals surface area contributed by atoms with Gasteiger partial charge in [-0.05, 0) is 84.0 Å². The molecule has 0 spiro atoms. The lowest BCUT2D eigenvalue weighted by Crippen LogP contribution is -2.61. The molecule has 1 aromatic heterocycles. The van der Waals surface area contributed by atoms with Crippen LogP contribution in [0.2, 0.25) is 0 Å². The predicted octanol–water partition coefficient (Wildman–Crippen LogP) is -6.43. The summed E-state index contributed by atoms with van der Waals surface area (Å²) in [5.41, 5.74) is 18.3. The molecule has 3 rings (SSSR count). The summed E-state index contributed by atoms with van der Waals surface area (Å²) in [4.78, 5) is 142. The Balaban J connectivity index is 2.10. The zero-order valence-corrected chi connectivity index (χ0v) is 42.7. The molecule has 1 aromatic carbocycles. The quantitative estimate of drug-likeness (QED) is 0.0622. The first kappa shape index (κ1) is 62.2. The van der Waals surface area contributed by atoms with E-state index in [-0.39, 0.29) is 69.1 Å². The van der Waals surface area contributed by atoms with Crippen LogP contribution in [-0.2, 0) is 49.6 Å². The second-order valence-electron chi connectivity index (χ2n) is 18.4. The minimum Gasteiger partial charge on any atom is -0.438 e. The number of rotatable bonds is 19. The van der Waals surface area contributed by atoms with Gasteiger partial charge in [0.25, 0.3) is 5.91 Å². The first-order chi connectivity index (χ1) is 35.5. The fourth-order valence-electron chi connectivity index (χ4n) is 7.67. The van der Waals surface area contributed by atoms with Crippen molar-refractivity contribution in [3.63, 3.8) is 0 Å². The first-order valence-corrected chi connectivity index (χ1v) is 24.6. The molecule has 1 aliphatic rings. The number of aryl methyl sites for hydroxylation is 1. The van der Waals surface area contributed by atoms with Crippen molar-refractivity contribution < 1.29 is 67.7 Å². The second-order valence-corrected chi connectivity index (χ2v) is 18.4. The van der Waals surface area contributed by atoms with Gasteiger partial charge in [-0.15, -0.1) is 0 Å². The highest BCUT2D eigenvalue weighted by molar-refractivity contribution is 6.00. The van der Waals surface area contributed by atoms with Crippen LogP contribution in [0.3, 0.4) is 0 Å². The summed E-state index contributed by atoms with van der Waals surface area (Å²) in [5, 5.41) is 56.0. The first-order valence-electron chi connectivity index (χ1n) is 24.6. The van der Waals surface area contributed by atoms with Gasteiger partial charge in [0, 0.05) is 13.0 Å². The minimum atomic E-state index is -1.85. The Morgan fingerprint density at radius 1 is 0.693 bits per heavy atom.